The van der Waals surface area contributed by atoms with E-state index in [9.17, 15) is 13.2 Å². The third kappa shape index (κ3) is 3.83. The van der Waals surface area contributed by atoms with Crippen LogP contribution in [0.2, 0.25) is 0 Å². The summed E-state index contributed by atoms with van der Waals surface area (Å²) in [4.78, 5) is 12.4. The van der Waals surface area contributed by atoms with Crippen molar-refractivity contribution in [3.8, 4) is 0 Å². The van der Waals surface area contributed by atoms with Crippen LogP contribution in [-0.4, -0.2) is 33.7 Å². The maximum atomic E-state index is 12.4. The van der Waals surface area contributed by atoms with E-state index in [4.69, 9.17) is 4.74 Å². The number of benzene rings is 2. The van der Waals surface area contributed by atoms with Crippen LogP contribution in [-0.2, 0) is 19.6 Å². The number of hydrogen-bond acceptors (Lipinski definition) is 4. The average Bonchev–Trinajstić information content (AvgIpc) is 2.96. The molecule has 3 rings (SSSR count). The zero-order valence-electron chi connectivity index (χ0n) is 13.9. The third-order valence-electron chi connectivity index (χ3n) is 4.10. The van der Waals surface area contributed by atoms with Gasteiger partial charge in [-0.25, -0.2) is 8.42 Å². The Kier molecular flexibility index (Phi) is 5.06. The predicted molar refractivity (Wildman–Crippen MR) is 97.0 cm³/mol. The summed E-state index contributed by atoms with van der Waals surface area (Å²) in [5.74, 6) is -0.104. The van der Waals surface area contributed by atoms with Gasteiger partial charge in [-0.05, 0) is 36.2 Å². The maximum Gasteiger partial charge on any atom is 0.258 e. The Morgan fingerprint density at radius 2 is 1.80 bits per heavy atom. The first-order valence-electron chi connectivity index (χ1n) is 8.00. The monoisotopic (exact) mass is 360 g/mol. The molecule has 1 amide bonds. The summed E-state index contributed by atoms with van der Waals surface area (Å²) in [6.07, 6.45) is -0.0761. The summed E-state index contributed by atoms with van der Waals surface area (Å²) in [7, 11) is -1.72. The van der Waals surface area contributed by atoms with Crippen LogP contribution in [0.4, 0.5) is 11.4 Å². The van der Waals surface area contributed by atoms with Gasteiger partial charge >= 0.3 is 0 Å². The van der Waals surface area contributed by atoms with E-state index in [0.29, 0.717) is 24.3 Å². The second kappa shape index (κ2) is 7.25. The Morgan fingerprint density at radius 3 is 2.36 bits per heavy atom. The number of carbonyl (C=O) groups excluding carboxylic acids is 1. The van der Waals surface area contributed by atoms with Crippen LogP contribution in [0.15, 0.2) is 54.6 Å². The molecule has 1 unspecified atom stereocenters. The van der Waals surface area contributed by atoms with E-state index < -0.39 is 16.1 Å². The summed E-state index contributed by atoms with van der Waals surface area (Å²) < 4.78 is 30.6. The Bertz CT molecular complexity index is 835. The molecule has 1 aliphatic rings. The molecule has 7 heteroatoms. The van der Waals surface area contributed by atoms with Gasteiger partial charge in [0.2, 0.25) is 10.0 Å². The minimum atomic E-state index is -3.20. The molecule has 132 valence electrons. The van der Waals surface area contributed by atoms with Gasteiger partial charge in [0.05, 0.1) is 11.4 Å². The van der Waals surface area contributed by atoms with Crippen molar-refractivity contribution in [1.29, 1.82) is 0 Å². The lowest BCUT2D eigenvalue weighted by Crippen LogP contribution is -2.25. The predicted octanol–water partition coefficient (Wildman–Crippen LogP) is 2.55. The lowest BCUT2D eigenvalue weighted by atomic mass is 10.1. The zero-order valence-corrected chi connectivity index (χ0v) is 14.7. The SMILES string of the molecule is COC(C(=O)Nc1ccc(N2CCCS2(=O)=O)cc1)c1ccccc1. The largest absolute Gasteiger partial charge is 0.367 e. The molecule has 0 saturated carbocycles. The van der Waals surface area contributed by atoms with E-state index in [1.807, 2.05) is 30.3 Å². The molecule has 0 aliphatic carbocycles. The highest BCUT2D eigenvalue weighted by Crippen LogP contribution is 2.26. The van der Waals surface area contributed by atoms with E-state index in [-0.39, 0.29) is 11.7 Å². The molecular weight excluding hydrogens is 340 g/mol. The topological polar surface area (TPSA) is 75.7 Å². The highest BCUT2D eigenvalue weighted by molar-refractivity contribution is 7.93. The van der Waals surface area contributed by atoms with Crippen molar-refractivity contribution < 1.29 is 17.9 Å². The second-order valence-electron chi connectivity index (χ2n) is 5.80. The number of carbonyl (C=O) groups is 1. The highest BCUT2D eigenvalue weighted by Gasteiger charge is 2.28. The van der Waals surface area contributed by atoms with E-state index in [1.165, 1.54) is 11.4 Å². The number of hydrogen-bond donors (Lipinski definition) is 1. The fraction of sp³-hybridized carbons (Fsp3) is 0.278. The first-order chi connectivity index (χ1) is 12.0. The lowest BCUT2D eigenvalue weighted by Gasteiger charge is -2.18. The smallest absolute Gasteiger partial charge is 0.258 e. The highest BCUT2D eigenvalue weighted by atomic mass is 32.2. The zero-order chi connectivity index (χ0) is 17.9. The molecule has 0 radical (unpaired) electrons. The van der Waals surface area contributed by atoms with Crippen molar-refractivity contribution in [2.24, 2.45) is 0 Å². The van der Waals surface area contributed by atoms with Crippen molar-refractivity contribution in [2.75, 3.05) is 29.0 Å². The fourth-order valence-corrected chi connectivity index (χ4v) is 4.44. The molecular formula is C18H20N2O4S. The summed E-state index contributed by atoms with van der Waals surface area (Å²) in [6, 6.07) is 16.0. The van der Waals surface area contributed by atoms with Crippen LogP contribution in [0, 0.1) is 0 Å². The van der Waals surface area contributed by atoms with Crippen molar-refractivity contribution in [1.82, 2.24) is 0 Å². The summed E-state index contributed by atoms with van der Waals surface area (Å²) in [6.45, 7) is 0.494. The number of anilines is 2. The fourth-order valence-electron chi connectivity index (χ4n) is 2.87. The van der Waals surface area contributed by atoms with Crippen molar-refractivity contribution in [3.63, 3.8) is 0 Å². The van der Waals surface area contributed by atoms with Crippen LogP contribution < -0.4 is 9.62 Å². The molecule has 2 aromatic carbocycles. The van der Waals surface area contributed by atoms with Crippen LogP contribution in [0.25, 0.3) is 0 Å². The van der Waals surface area contributed by atoms with Gasteiger partial charge in [-0.2, -0.15) is 0 Å². The Hall–Kier alpha value is -2.38. The second-order valence-corrected chi connectivity index (χ2v) is 7.82. The van der Waals surface area contributed by atoms with Crippen molar-refractivity contribution in [3.05, 3.63) is 60.2 Å². The molecule has 25 heavy (non-hydrogen) atoms. The molecule has 1 fully saturated rings. The summed E-state index contributed by atoms with van der Waals surface area (Å²) in [5, 5.41) is 2.80. The average molecular weight is 360 g/mol. The number of ether oxygens (including phenoxy) is 1. The van der Waals surface area contributed by atoms with E-state index in [1.54, 1.807) is 24.3 Å². The van der Waals surface area contributed by atoms with Crippen LogP contribution in [0.1, 0.15) is 18.1 Å². The van der Waals surface area contributed by atoms with E-state index >= 15 is 0 Å². The first-order valence-corrected chi connectivity index (χ1v) is 9.61. The number of nitrogens with zero attached hydrogens (tertiary/aromatic N) is 1. The molecule has 0 bridgehead atoms. The number of rotatable bonds is 5. The number of methoxy groups -OCH3 is 1. The van der Waals surface area contributed by atoms with Gasteiger partial charge in [0.25, 0.3) is 5.91 Å². The normalized spacial score (nSPS) is 17.2. The number of nitrogens with one attached hydrogen (secondary N) is 1. The third-order valence-corrected chi connectivity index (χ3v) is 5.97. The van der Waals surface area contributed by atoms with Gasteiger partial charge in [0.1, 0.15) is 0 Å². The first kappa shape index (κ1) is 17.4. The number of amides is 1. The quantitative estimate of drug-likeness (QED) is 0.889. The maximum absolute atomic E-state index is 12.4. The van der Waals surface area contributed by atoms with Gasteiger partial charge in [0.15, 0.2) is 6.10 Å². The summed E-state index contributed by atoms with van der Waals surface area (Å²) >= 11 is 0. The summed E-state index contributed by atoms with van der Waals surface area (Å²) in [5.41, 5.74) is 1.97. The minimum absolute atomic E-state index is 0.179. The van der Waals surface area contributed by atoms with E-state index in [0.717, 1.165) is 5.56 Å². The molecule has 1 heterocycles. The molecule has 0 spiro atoms. The molecule has 1 N–H and O–H groups in total. The molecule has 2 aromatic rings. The lowest BCUT2D eigenvalue weighted by molar-refractivity contribution is -0.126. The molecule has 0 aromatic heterocycles. The van der Waals surface area contributed by atoms with Gasteiger partial charge in [-0.1, -0.05) is 30.3 Å². The van der Waals surface area contributed by atoms with Crippen LogP contribution >= 0.6 is 0 Å². The minimum Gasteiger partial charge on any atom is -0.367 e. The van der Waals surface area contributed by atoms with Crippen LogP contribution in [0.5, 0.6) is 0 Å². The van der Waals surface area contributed by atoms with Crippen molar-refractivity contribution in [2.45, 2.75) is 12.5 Å². The van der Waals surface area contributed by atoms with Crippen LogP contribution in [0.3, 0.4) is 0 Å². The molecule has 6 nitrogen and oxygen atoms in total. The van der Waals surface area contributed by atoms with E-state index in [2.05, 4.69) is 5.32 Å². The van der Waals surface area contributed by atoms with Crippen molar-refractivity contribution >= 4 is 27.3 Å². The Balaban J connectivity index is 1.72. The molecule has 1 saturated heterocycles. The van der Waals surface area contributed by atoms with Gasteiger partial charge < -0.3 is 10.1 Å². The molecule has 1 atom stereocenters. The standard InChI is InChI=1S/C18H20N2O4S/c1-24-17(14-6-3-2-4-7-14)18(21)19-15-8-10-16(11-9-15)20-12-5-13-25(20,22)23/h2-4,6-11,17H,5,12-13H2,1H3,(H,19,21). The van der Waals surface area contributed by atoms with Gasteiger partial charge in [-0.3, -0.25) is 9.10 Å². The van der Waals surface area contributed by atoms with Gasteiger partial charge in [-0.15, -0.1) is 0 Å². The Labute approximate surface area is 147 Å². The van der Waals surface area contributed by atoms with Gasteiger partial charge in [0, 0.05) is 19.3 Å². The molecule has 1 aliphatic heterocycles. The number of sulfonamides is 1. The Morgan fingerprint density at radius 1 is 1.12 bits per heavy atom.